The summed E-state index contributed by atoms with van der Waals surface area (Å²) in [5, 5.41) is 0. The molecule has 3 rings (SSSR count). The van der Waals surface area contributed by atoms with Gasteiger partial charge < -0.3 is 4.42 Å². The number of hydrogen-bond donors (Lipinski definition) is 0. The van der Waals surface area contributed by atoms with Crippen LogP contribution in [0.1, 0.15) is 31.9 Å². The summed E-state index contributed by atoms with van der Waals surface area (Å²) < 4.78 is 6.20. The standard InChI is InChI=1S/C21H22O/c1-2-3-6-15-20-19(17-11-7-4-8-12-17)16-21(22-20)18-13-9-5-10-14-18/h4-5,7-14,16H,2-3,6,15H2,1H3. The summed E-state index contributed by atoms with van der Waals surface area (Å²) >= 11 is 0. The first-order chi connectivity index (χ1) is 10.9. The Bertz CT molecular complexity index is 695. The maximum Gasteiger partial charge on any atom is 0.134 e. The lowest BCUT2D eigenvalue weighted by Crippen LogP contribution is -1.86. The van der Waals surface area contributed by atoms with Crippen molar-refractivity contribution in [1.82, 2.24) is 0 Å². The van der Waals surface area contributed by atoms with Crippen molar-refractivity contribution in [1.29, 1.82) is 0 Å². The van der Waals surface area contributed by atoms with Crippen molar-refractivity contribution < 1.29 is 4.42 Å². The Hall–Kier alpha value is -2.28. The maximum absolute atomic E-state index is 6.20. The molecule has 0 unspecified atom stereocenters. The van der Waals surface area contributed by atoms with Gasteiger partial charge in [-0.1, -0.05) is 80.4 Å². The first kappa shape index (κ1) is 14.6. The van der Waals surface area contributed by atoms with E-state index >= 15 is 0 Å². The highest BCUT2D eigenvalue weighted by molar-refractivity contribution is 5.72. The van der Waals surface area contributed by atoms with Gasteiger partial charge in [-0.3, -0.25) is 0 Å². The molecule has 1 aromatic heterocycles. The lowest BCUT2D eigenvalue weighted by atomic mass is 10.0. The SMILES string of the molecule is CCCCCc1oc(-c2ccccc2)cc1-c1ccccc1. The minimum Gasteiger partial charge on any atom is -0.460 e. The third-order valence-corrected chi connectivity index (χ3v) is 3.96. The van der Waals surface area contributed by atoms with Crippen molar-refractivity contribution in [2.75, 3.05) is 0 Å². The lowest BCUT2D eigenvalue weighted by Gasteiger charge is -2.02. The summed E-state index contributed by atoms with van der Waals surface area (Å²) in [4.78, 5) is 0. The molecule has 0 N–H and O–H groups in total. The van der Waals surface area contributed by atoms with Crippen LogP contribution in [0.15, 0.2) is 71.1 Å². The van der Waals surface area contributed by atoms with Crippen molar-refractivity contribution in [2.45, 2.75) is 32.6 Å². The molecule has 0 aliphatic rings. The molecular formula is C21H22O. The van der Waals surface area contributed by atoms with E-state index in [1.807, 2.05) is 6.07 Å². The average Bonchev–Trinajstić information content (AvgIpc) is 3.01. The van der Waals surface area contributed by atoms with Crippen molar-refractivity contribution >= 4 is 0 Å². The molecule has 0 bridgehead atoms. The second kappa shape index (κ2) is 7.13. The van der Waals surface area contributed by atoms with E-state index in [1.54, 1.807) is 0 Å². The largest absolute Gasteiger partial charge is 0.460 e. The van der Waals surface area contributed by atoms with Crippen molar-refractivity contribution in [2.24, 2.45) is 0 Å². The Morgan fingerprint density at radius 3 is 2.05 bits per heavy atom. The van der Waals surface area contributed by atoms with E-state index in [2.05, 4.69) is 67.6 Å². The highest BCUT2D eigenvalue weighted by atomic mass is 16.3. The molecule has 0 aliphatic heterocycles. The quantitative estimate of drug-likeness (QED) is 0.482. The van der Waals surface area contributed by atoms with E-state index in [9.17, 15) is 0 Å². The van der Waals surface area contributed by atoms with Gasteiger partial charge in [-0.2, -0.15) is 0 Å². The molecule has 0 amide bonds. The van der Waals surface area contributed by atoms with E-state index in [0.29, 0.717) is 0 Å². The van der Waals surface area contributed by atoms with Crippen LogP contribution in [0.4, 0.5) is 0 Å². The molecule has 0 fully saturated rings. The van der Waals surface area contributed by atoms with Crippen LogP contribution >= 0.6 is 0 Å². The second-order valence-corrected chi connectivity index (χ2v) is 5.64. The van der Waals surface area contributed by atoms with Crippen LogP contribution < -0.4 is 0 Å². The highest BCUT2D eigenvalue weighted by Gasteiger charge is 2.13. The van der Waals surface area contributed by atoms with Crippen LogP contribution in [-0.4, -0.2) is 0 Å². The van der Waals surface area contributed by atoms with Crippen LogP contribution in [0.2, 0.25) is 0 Å². The van der Waals surface area contributed by atoms with Gasteiger partial charge in [-0.25, -0.2) is 0 Å². The number of rotatable bonds is 6. The van der Waals surface area contributed by atoms with Crippen molar-refractivity contribution in [3.05, 3.63) is 72.5 Å². The zero-order valence-electron chi connectivity index (χ0n) is 13.1. The molecule has 22 heavy (non-hydrogen) atoms. The first-order valence-electron chi connectivity index (χ1n) is 8.12. The summed E-state index contributed by atoms with van der Waals surface area (Å²) in [7, 11) is 0. The summed E-state index contributed by atoms with van der Waals surface area (Å²) in [5.74, 6) is 2.07. The predicted molar refractivity (Wildman–Crippen MR) is 92.8 cm³/mol. The van der Waals surface area contributed by atoms with Gasteiger partial charge in [0.1, 0.15) is 11.5 Å². The molecule has 0 radical (unpaired) electrons. The number of benzene rings is 2. The highest BCUT2D eigenvalue weighted by Crippen LogP contribution is 2.33. The molecule has 0 saturated heterocycles. The zero-order valence-corrected chi connectivity index (χ0v) is 13.1. The van der Waals surface area contributed by atoms with Crippen LogP contribution in [0.5, 0.6) is 0 Å². The lowest BCUT2D eigenvalue weighted by molar-refractivity contribution is 0.510. The van der Waals surface area contributed by atoms with Gasteiger partial charge in [-0.15, -0.1) is 0 Å². The molecule has 0 atom stereocenters. The molecule has 3 aromatic rings. The molecule has 0 saturated carbocycles. The van der Waals surface area contributed by atoms with Gasteiger partial charge in [0, 0.05) is 17.5 Å². The average molecular weight is 290 g/mol. The van der Waals surface area contributed by atoms with E-state index in [4.69, 9.17) is 4.42 Å². The van der Waals surface area contributed by atoms with Gasteiger partial charge in [0.05, 0.1) is 0 Å². The Kier molecular flexibility index (Phi) is 4.75. The van der Waals surface area contributed by atoms with Crippen molar-refractivity contribution in [3.63, 3.8) is 0 Å². The fourth-order valence-corrected chi connectivity index (χ4v) is 2.76. The summed E-state index contributed by atoms with van der Waals surface area (Å²) in [5.41, 5.74) is 3.61. The van der Waals surface area contributed by atoms with Gasteiger partial charge in [0.25, 0.3) is 0 Å². The molecule has 112 valence electrons. The van der Waals surface area contributed by atoms with E-state index < -0.39 is 0 Å². The van der Waals surface area contributed by atoms with Crippen LogP contribution in [-0.2, 0) is 6.42 Å². The summed E-state index contributed by atoms with van der Waals surface area (Å²) in [6.07, 6.45) is 4.66. The molecule has 1 heterocycles. The Balaban J connectivity index is 1.97. The number of aryl methyl sites for hydroxylation is 1. The molecule has 2 aromatic carbocycles. The van der Waals surface area contributed by atoms with Gasteiger partial charge in [-0.05, 0) is 18.1 Å². The topological polar surface area (TPSA) is 13.1 Å². The number of hydrogen-bond acceptors (Lipinski definition) is 1. The normalized spacial score (nSPS) is 10.8. The van der Waals surface area contributed by atoms with Gasteiger partial charge in [0.2, 0.25) is 0 Å². The monoisotopic (exact) mass is 290 g/mol. The van der Waals surface area contributed by atoms with Crippen LogP contribution in [0.25, 0.3) is 22.5 Å². The molecule has 0 aliphatic carbocycles. The smallest absolute Gasteiger partial charge is 0.134 e. The number of unbranched alkanes of at least 4 members (excludes halogenated alkanes) is 2. The fourth-order valence-electron chi connectivity index (χ4n) is 2.76. The Morgan fingerprint density at radius 1 is 0.773 bits per heavy atom. The van der Waals surface area contributed by atoms with Crippen LogP contribution in [0.3, 0.4) is 0 Å². The minimum atomic E-state index is 0.964. The van der Waals surface area contributed by atoms with Gasteiger partial charge >= 0.3 is 0 Å². The van der Waals surface area contributed by atoms with E-state index in [1.165, 1.54) is 30.4 Å². The summed E-state index contributed by atoms with van der Waals surface area (Å²) in [6, 6.07) is 23.1. The van der Waals surface area contributed by atoms with Crippen molar-refractivity contribution in [3.8, 4) is 22.5 Å². The predicted octanol–water partition coefficient (Wildman–Crippen LogP) is 6.35. The molecule has 1 heteroatoms. The third-order valence-electron chi connectivity index (χ3n) is 3.96. The van der Waals surface area contributed by atoms with Crippen LogP contribution in [0, 0.1) is 0 Å². The summed E-state index contributed by atoms with van der Waals surface area (Å²) in [6.45, 7) is 2.23. The Morgan fingerprint density at radius 2 is 1.41 bits per heavy atom. The fraction of sp³-hybridized carbons (Fsp3) is 0.238. The number of furan rings is 1. The maximum atomic E-state index is 6.20. The third kappa shape index (κ3) is 3.30. The molecular weight excluding hydrogens is 268 g/mol. The van der Waals surface area contributed by atoms with E-state index in [-0.39, 0.29) is 0 Å². The zero-order chi connectivity index (χ0) is 15.2. The molecule has 1 nitrogen and oxygen atoms in total. The van der Waals surface area contributed by atoms with E-state index in [0.717, 1.165) is 23.5 Å². The van der Waals surface area contributed by atoms with Gasteiger partial charge in [0.15, 0.2) is 0 Å². The molecule has 0 spiro atoms. The second-order valence-electron chi connectivity index (χ2n) is 5.64. The first-order valence-corrected chi connectivity index (χ1v) is 8.12. The minimum absolute atomic E-state index is 0.964. The Labute approximate surface area is 132 Å².